The van der Waals surface area contributed by atoms with Crippen molar-refractivity contribution in [2.75, 3.05) is 0 Å². The predicted molar refractivity (Wildman–Crippen MR) is 84.4 cm³/mol. The summed E-state index contributed by atoms with van der Waals surface area (Å²) in [7, 11) is 2.01. The van der Waals surface area contributed by atoms with Gasteiger partial charge in [0.25, 0.3) is 0 Å². The Kier molecular flexibility index (Phi) is 2.48. The molecule has 3 heteroatoms. The van der Waals surface area contributed by atoms with Crippen molar-refractivity contribution in [3.8, 4) is 11.3 Å². The molecule has 0 fully saturated rings. The van der Waals surface area contributed by atoms with Crippen LogP contribution in [0.3, 0.4) is 0 Å². The third kappa shape index (κ3) is 1.71. The first-order valence-corrected chi connectivity index (χ1v) is 6.81. The zero-order chi connectivity index (χ0) is 14.4. The van der Waals surface area contributed by atoms with Crippen LogP contribution in [0.1, 0.15) is 0 Å². The normalized spacial score (nSPS) is 11.3. The highest BCUT2D eigenvalue weighted by molar-refractivity contribution is 6.06. The SMILES string of the molecule is Cn1c(-c2ccccc2)cc2c3c(=O)ccoc3ccc21. The highest BCUT2D eigenvalue weighted by Crippen LogP contribution is 2.30. The van der Waals surface area contributed by atoms with E-state index in [1.807, 2.05) is 37.4 Å². The van der Waals surface area contributed by atoms with Gasteiger partial charge in [-0.05, 0) is 23.8 Å². The van der Waals surface area contributed by atoms with E-state index in [2.05, 4.69) is 22.8 Å². The second-order valence-corrected chi connectivity index (χ2v) is 5.11. The van der Waals surface area contributed by atoms with Gasteiger partial charge in [-0.15, -0.1) is 0 Å². The molecule has 0 amide bonds. The van der Waals surface area contributed by atoms with Crippen molar-refractivity contribution >= 4 is 21.9 Å². The summed E-state index contributed by atoms with van der Waals surface area (Å²) in [5, 5.41) is 1.58. The van der Waals surface area contributed by atoms with E-state index >= 15 is 0 Å². The van der Waals surface area contributed by atoms with Crippen LogP contribution in [-0.2, 0) is 7.05 Å². The third-order valence-corrected chi connectivity index (χ3v) is 3.92. The van der Waals surface area contributed by atoms with Gasteiger partial charge in [0.2, 0.25) is 0 Å². The van der Waals surface area contributed by atoms with E-state index in [4.69, 9.17) is 4.42 Å². The Morgan fingerprint density at radius 3 is 2.62 bits per heavy atom. The van der Waals surface area contributed by atoms with E-state index in [1.165, 1.54) is 12.3 Å². The Bertz CT molecular complexity index is 1010. The van der Waals surface area contributed by atoms with Crippen molar-refractivity contribution in [1.29, 1.82) is 0 Å². The van der Waals surface area contributed by atoms with Gasteiger partial charge in [-0.3, -0.25) is 4.79 Å². The molecular formula is C18H13NO2. The van der Waals surface area contributed by atoms with Crippen molar-refractivity contribution < 1.29 is 4.42 Å². The molecule has 2 heterocycles. The molecule has 102 valence electrons. The maximum Gasteiger partial charge on any atom is 0.193 e. The standard InChI is InChI=1S/C18H13NO2/c1-19-14-7-8-17-18(16(20)9-10-21-17)13(14)11-15(19)12-5-3-2-4-6-12/h2-11H,1H3. The molecule has 0 saturated carbocycles. The van der Waals surface area contributed by atoms with E-state index in [0.29, 0.717) is 11.0 Å². The van der Waals surface area contributed by atoms with E-state index in [-0.39, 0.29) is 5.43 Å². The number of rotatable bonds is 1. The zero-order valence-electron chi connectivity index (χ0n) is 11.5. The van der Waals surface area contributed by atoms with Gasteiger partial charge in [0.15, 0.2) is 5.43 Å². The molecule has 4 aromatic rings. The van der Waals surface area contributed by atoms with E-state index in [1.54, 1.807) is 0 Å². The van der Waals surface area contributed by atoms with Crippen LogP contribution in [0.15, 0.2) is 70.1 Å². The van der Waals surface area contributed by atoms with Gasteiger partial charge in [0.1, 0.15) is 5.58 Å². The average molecular weight is 275 g/mol. The molecule has 0 bridgehead atoms. The Morgan fingerprint density at radius 2 is 1.81 bits per heavy atom. The van der Waals surface area contributed by atoms with Crippen molar-refractivity contribution in [2.24, 2.45) is 7.05 Å². The summed E-state index contributed by atoms with van der Waals surface area (Å²) in [5.74, 6) is 0. The van der Waals surface area contributed by atoms with Gasteiger partial charge in [0.05, 0.1) is 11.6 Å². The summed E-state index contributed by atoms with van der Waals surface area (Å²) in [6.45, 7) is 0. The average Bonchev–Trinajstić information content (AvgIpc) is 2.85. The van der Waals surface area contributed by atoms with Gasteiger partial charge in [0, 0.05) is 29.7 Å². The van der Waals surface area contributed by atoms with Crippen molar-refractivity contribution in [2.45, 2.75) is 0 Å². The zero-order valence-corrected chi connectivity index (χ0v) is 11.5. The van der Waals surface area contributed by atoms with E-state index in [9.17, 15) is 4.79 Å². The molecular weight excluding hydrogens is 262 g/mol. The summed E-state index contributed by atoms with van der Waals surface area (Å²) in [6.07, 6.45) is 1.44. The topological polar surface area (TPSA) is 35.1 Å². The molecule has 0 saturated heterocycles. The predicted octanol–water partition coefficient (Wildman–Crippen LogP) is 3.95. The second kappa shape index (κ2) is 4.35. The molecule has 0 unspecified atom stereocenters. The van der Waals surface area contributed by atoms with Crippen LogP contribution in [-0.4, -0.2) is 4.57 Å². The smallest absolute Gasteiger partial charge is 0.193 e. The summed E-state index contributed by atoms with van der Waals surface area (Å²) in [4.78, 5) is 12.2. The lowest BCUT2D eigenvalue weighted by Crippen LogP contribution is -1.98. The molecule has 0 aliphatic heterocycles. The Balaban J connectivity index is 2.16. The molecule has 0 aliphatic rings. The van der Waals surface area contributed by atoms with Crippen LogP contribution >= 0.6 is 0 Å². The fraction of sp³-hybridized carbons (Fsp3) is 0.0556. The molecule has 21 heavy (non-hydrogen) atoms. The van der Waals surface area contributed by atoms with Crippen LogP contribution in [0.4, 0.5) is 0 Å². The first kappa shape index (κ1) is 12.0. The summed E-state index contributed by atoms with van der Waals surface area (Å²) in [6, 6.07) is 17.5. The van der Waals surface area contributed by atoms with Gasteiger partial charge in [-0.2, -0.15) is 0 Å². The van der Waals surface area contributed by atoms with Gasteiger partial charge >= 0.3 is 0 Å². The highest BCUT2D eigenvalue weighted by atomic mass is 16.3. The van der Waals surface area contributed by atoms with Crippen LogP contribution in [0, 0.1) is 0 Å². The fourth-order valence-electron chi connectivity index (χ4n) is 2.88. The molecule has 0 spiro atoms. The molecule has 0 radical (unpaired) electrons. The molecule has 2 aromatic carbocycles. The van der Waals surface area contributed by atoms with E-state index < -0.39 is 0 Å². The maximum atomic E-state index is 12.2. The second-order valence-electron chi connectivity index (χ2n) is 5.11. The van der Waals surface area contributed by atoms with Gasteiger partial charge in [-0.25, -0.2) is 0 Å². The first-order valence-electron chi connectivity index (χ1n) is 6.81. The number of aromatic nitrogens is 1. The van der Waals surface area contributed by atoms with Crippen LogP contribution in [0.2, 0.25) is 0 Å². The van der Waals surface area contributed by atoms with Gasteiger partial charge in [-0.1, -0.05) is 30.3 Å². The van der Waals surface area contributed by atoms with Crippen molar-refractivity contribution in [3.05, 3.63) is 71.1 Å². The van der Waals surface area contributed by atoms with Crippen molar-refractivity contribution in [3.63, 3.8) is 0 Å². The number of nitrogens with zero attached hydrogens (tertiary/aromatic N) is 1. The quantitative estimate of drug-likeness (QED) is 0.527. The molecule has 4 rings (SSSR count). The third-order valence-electron chi connectivity index (χ3n) is 3.92. The van der Waals surface area contributed by atoms with Crippen LogP contribution in [0.5, 0.6) is 0 Å². The van der Waals surface area contributed by atoms with Gasteiger partial charge < -0.3 is 8.98 Å². The monoisotopic (exact) mass is 275 g/mol. The van der Waals surface area contributed by atoms with Crippen LogP contribution in [0.25, 0.3) is 33.1 Å². The largest absolute Gasteiger partial charge is 0.464 e. The summed E-state index contributed by atoms with van der Waals surface area (Å²) in [5.41, 5.74) is 3.86. The Morgan fingerprint density at radius 1 is 1.00 bits per heavy atom. The minimum atomic E-state index is -0.00735. The highest BCUT2D eigenvalue weighted by Gasteiger charge is 2.12. The number of aryl methyl sites for hydroxylation is 1. The minimum absolute atomic E-state index is 0.00735. The first-order chi connectivity index (χ1) is 10.3. The van der Waals surface area contributed by atoms with E-state index in [0.717, 1.165) is 22.2 Å². The minimum Gasteiger partial charge on any atom is -0.464 e. The Labute approximate surface area is 121 Å². The summed E-state index contributed by atoms with van der Waals surface area (Å²) >= 11 is 0. The number of fused-ring (bicyclic) bond motifs is 3. The molecule has 2 aromatic heterocycles. The maximum absolute atomic E-state index is 12.2. The summed E-state index contributed by atoms with van der Waals surface area (Å²) < 4.78 is 7.55. The Hall–Kier alpha value is -2.81. The molecule has 0 aliphatic carbocycles. The lowest BCUT2D eigenvalue weighted by atomic mass is 10.1. The number of hydrogen-bond acceptors (Lipinski definition) is 2. The lowest BCUT2D eigenvalue weighted by Gasteiger charge is -2.04. The fourth-order valence-corrected chi connectivity index (χ4v) is 2.88. The van der Waals surface area contributed by atoms with Crippen molar-refractivity contribution in [1.82, 2.24) is 4.57 Å². The molecule has 3 nitrogen and oxygen atoms in total. The lowest BCUT2D eigenvalue weighted by molar-refractivity contribution is 0.603. The molecule has 0 N–H and O–H groups in total. The number of hydrogen-bond donors (Lipinski definition) is 0. The van der Waals surface area contributed by atoms with Crippen LogP contribution < -0.4 is 5.43 Å². The molecule has 0 atom stereocenters. The number of benzene rings is 2.